The predicted octanol–water partition coefficient (Wildman–Crippen LogP) is 6.91. The van der Waals surface area contributed by atoms with Crippen LogP contribution in [0.3, 0.4) is 0 Å². The van der Waals surface area contributed by atoms with E-state index in [2.05, 4.69) is 5.32 Å². The Morgan fingerprint density at radius 3 is 2.24 bits per heavy atom. The van der Waals surface area contributed by atoms with E-state index in [9.17, 15) is 26.4 Å². The van der Waals surface area contributed by atoms with Crippen molar-refractivity contribution >= 4 is 68.2 Å². The molecule has 13 heteroatoms. The molecule has 1 amide bonds. The lowest BCUT2D eigenvalue weighted by Gasteiger charge is -2.25. The highest BCUT2D eigenvalue weighted by Crippen LogP contribution is 2.37. The highest BCUT2D eigenvalue weighted by molar-refractivity contribution is 7.98. The minimum Gasteiger partial charge on any atom is -0.354 e. The Kier molecular flexibility index (Phi) is 10.0. The zero-order valence-corrected chi connectivity index (χ0v) is 22.8. The summed E-state index contributed by atoms with van der Waals surface area (Å²) in [5.74, 6) is 0.381. The SMILES string of the molecule is O=C(CN(c1cc(C(F)(F)F)ccc1Cl)S(=O)(=O)c1ccccc1)NCCSCc1ccc(Cl)c(Cl)c1. The molecule has 3 aromatic rings. The Bertz CT molecular complexity index is 1360. The first-order valence-corrected chi connectivity index (χ1v) is 14.4. The van der Waals surface area contributed by atoms with Crippen LogP contribution in [0, 0.1) is 0 Å². The number of anilines is 1. The molecule has 0 fully saturated rings. The molecule has 0 radical (unpaired) electrons. The van der Waals surface area contributed by atoms with E-state index in [1.807, 2.05) is 6.07 Å². The van der Waals surface area contributed by atoms with Crippen LogP contribution in [0.15, 0.2) is 71.6 Å². The lowest BCUT2D eigenvalue weighted by atomic mass is 10.2. The Balaban J connectivity index is 1.74. The smallest absolute Gasteiger partial charge is 0.354 e. The Hall–Kier alpha value is -2.11. The van der Waals surface area contributed by atoms with Gasteiger partial charge in [-0.2, -0.15) is 24.9 Å². The lowest BCUT2D eigenvalue weighted by Crippen LogP contribution is -2.41. The number of benzene rings is 3. The summed E-state index contributed by atoms with van der Waals surface area (Å²) in [6.45, 7) is -0.573. The molecule has 5 nitrogen and oxygen atoms in total. The predicted molar refractivity (Wildman–Crippen MR) is 143 cm³/mol. The maximum absolute atomic E-state index is 13.3. The molecule has 0 spiro atoms. The minimum absolute atomic E-state index is 0.195. The van der Waals surface area contributed by atoms with E-state index < -0.39 is 39.9 Å². The highest BCUT2D eigenvalue weighted by Gasteiger charge is 2.34. The largest absolute Gasteiger partial charge is 0.416 e. The van der Waals surface area contributed by atoms with Gasteiger partial charge in [0.25, 0.3) is 10.0 Å². The molecule has 37 heavy (non-hydrogen) atoms. The van der Waals surface area contributed by atoms with Crippen molar-refractivity contribution < 1.29 is 26.4 Å². The highest BCUT2D eigenvalue weighted by atomic mass is 35.5. The van der Waals surface area contributed by atoms with Crippen LogP contribution >= 0.6 is 46.6 Å². The third-order valence-electron chi connectivity index (χ3n) is 4.98. The molecular weight excluding hydrogens is 592 g/mol. The zero-order valence-electron chi connectivity index (χ0n) is 18.9. The molecule has 0 saturated heterocycles. The van der Waals surface area contributed by atoms with Gasteiger partial charge in [-0.15, -0.1) is 0 Å². The zero-order chi connectivity index (χ0) is 27.2. The molecule has 0 aliphatic carbocycles. The van der Waals surface area contributed by atoms with Gasteiger partial charge in [-0.25, -0.2) is 8.42 Å². The third-order valence-corrected chi connectivity index (χ3v) is 8.84. The number of carbonyl (C=O) groups excluding carboxylic acids is 1. The fourth-order valence-electron chi connectivity index (χ4n) is 3.17. The van der Waals surface area contributed by atoms with E-state index in [4.69, 9.17) is 34.8 Å². The average Bonchev–Trinajstić information content (AvgIpc) is 2.84. The summed E-state index contributed by atoms with van der Waals surface area (Å²) >= 11 is 19.5. The molecule has 0 bridgehead atoms. The summed E-state index contributed by atoms with van der Waals surface area (Å²) in [5, 5.41) is 3.22. The molecule has 3 rings (SSSR count). The monoisotopic (exact) mass is 610 g/mol. The fourth-order valence-corrected chi connectivity index (χ4v) is 6.02. The van der Waals surface area contributed by atoms with E-state index in [0.717, 1.165) is 17.7 Å². The fraction of sp³-hybridized carbons (Fsp3) is 0.208. The van der Waals surface area contributed by atoms with Crippen molar-refractivity contribution in [1.82, 2.24) is 5.32 Å². The van der Waals surface area contributed by atoms with Crippen LogP contribution in [0.1, 0.15) is 11.1 Å². The van der Waals surface area contributed by atoms with Gasteiger partial charge in [0.2, 0.25) is 5.91 Å². The van der Waals surface area contributed by atoms with Crippen molar-refractivity contribution in [2.75, 3.05) is 23.1 Å². The Morgan fingerprint density at radius 1 is 0.919 bits per heavy atom. The van der Waals surface area contributed by atoms with Crippen LogP contribution < -0.4 is 9.62 Å². The van der Waals surface area contributed by atoms with E-state index >= 15 is 0 Å². The minimum atomic E-state index is -4.74. The molecule has 0 atom stereocenters. The lowest BCUT2D eigenvalue weighted by molar-refractivity contribution is -0.137. The maximum Gasteiger partial charge on any atom is 0.416 e. The van der Waals surface area contributed by atoms with Crippen molar-refractivity contribution in [3.8, 4) is 0 Å². The Morgan fingerprint density at radius 2 is 1.59 bits per heavy atom. The molecule has 0 aliphatic rings. The van der Waals surface area contributed by atoms with Gasteiger partial charge in [-0.05, 0) is 48.0 Å². The van der Waals surface area contributed by atoms with Gasteiger partial charge in [0.05, 0.1) is 31.2 Å². The van der Waals surface area contributed by atoms with E-state index in [-0.39, 0.29) is 16.5 Å². The van der Waals surface area contributed by atoms with Crippen LogP contribution in [0.4, 0.5) is 18.9 Å². The third kappa shape index (κ3) is 7.94. The van der Waals surface area contributed by atoms with Crippen molar-refractivity contribution in [2.24, 2.45) is 0 Å². The summed E-state index contributed by atoms with van der Waals surface area (Å²) < 4.78 is 67.3. The second kappa shape index (κ2) is 12.6. The summed E-state index contributed by atoms with van der Waals surface area (Å²) in [6, 6.07) is 14.6. The summed E-state index contributed by atoms with van der Waals surface area (Å²) in [4.78, 5) is 12.5. The molecule has 0 aliphatic heterocycles. The van der Waals surface area contributed by atoms with Crippen molar-refractivity contribution in [1.29, 1.82) is 0 Å². The van der Waals surface area contributed by atoms with Gasteiger partial charge in [-0.3, -0.25) is 9.10 Å². The topological polar surface area (TPSA) is 66.5 Å². The van der Waals surface area contributed by atoms with Crippen LogP contribution in [-0.2, 0) is 26.7 Å². The number of thioether (sulfide) groups is 1. The number of halogens is 6. The number of alkyl halides is 3. The van der Waals surface area contributed by atoms with Crippen LogP contribution in [0.5, 0.6) is 0 Å². The Labute approximate surface area is 231 Å². The van der Waals surface area contributed by atoms with Gasteiger partial charge < -0.3 is 5.32 Å². The standard InChI is InChI=1S/C24H20Cl3F3N2O3S2/c25-19-8-6-16(12-21(19)27)15-36-11-10-31-23(33)14-32(37(34,35)18-4-2-1-3-5-18)22-13-17(24(28,29)30)7-9-20(22)26/h1-9,12-13H,10-11,14-15H2,(H,31,33). The van der Waals surface area contributed by atoms with Gasteiger partial charge in [-0.1, -0.05) is 59.1 Å². The van der Waals surface area contributed by atoms with Crippen LogP contribution in [-0.4, -0.2) is 33.2 Å². The summed E-state index contributed by atoms with van der Waals surface area (Å²) in [7, 11) is -4.42. The van der Waals surface area contributed by atoms with Crippen molar-refractivity contribution in [2.45, 2.75) is 16.8 Å². The first-order chi connectivity index (χ1) is 17.4. The van der Waals surface area contributed by atoms with Crippen molar-refractivity contribution in [3.05, 3.63) is 92.9 Å². The molecule has 3 aromatic carbocycles. The second-order valence-electron chi connectivity index (χ2n) is 7.64. The molecule has 1 N–H and O–H groups in total. The van der Waals surface area contributed by atoms with Gasteiger partial charge >= 0.3 is 6.18 Å². The molecule has 0 heterocycles. The van der Waals surface area contributed by atoms with Gasteiger partial charge in [0.1, 0.15) is 6.54 Å². The number of nitrogens with one attached hydrogen (secondary N) is 1. The maximum atomic E-state index is 13.3. The van der Waals surface area contributed by atoms with Crippen molar-refractivity contribution in [3.63, 3.8) is 0 Å². The normalized spacial score (nSPS) is 11.8. The summed E-state index contributed by atoms with van der Waals surface area (Å²) in [5.41, 5.74) is -0.617. The number of hydrogen-bond acceptors (Lipinski definition) is 4. The van der Waals surface area contributed by atoms with Gasteiger partial charge in [0, 0.05) is 18.1 Å². The van der Waals surface area contributed by atoms with Gasteiger partial charge in [0.15, 0.2) is 0 Å². The van der Waals surface area contributed by atoms with Crippen LogP contribution in [0.2, 0.25) is 15.1 Å². The molecule has 0 saturated carbocycles. The number of amides is 1. The second-order valence-corrected chi connectivity index (χ2v) is 11.8. The summed E-state index contributed by atoms with van der Waals surface area (Å²) in [6.07, 6.45) is -4.74. The van der Waals surface area contributed by atoms with E-state index in [1.54, 1.807) is 18.2 Å². The first kappa shape index (κ1) is 29.4. The molecular formula is C24H20Cl3F3N2O3S2. The number of sulfonamides is 1. The van der Waals surface area contributed by atoms with Crippen LogP contribution in [0.25, 0.3) is 0 Å². The number of nitrogens with zero attached hydrogens (tertiary/aromatic N) is 1. The quantitative estimate of drug-likeness (QED) is 0.253. The first-order valence-electron chi connectivity index (χ1n) is 10.6. The molecule has 0 aromatic heterocycles. The number of carbonyl (C=O) groups is 1. The molecule has 0 unspecified atom stereocenters. The number of rotatable bonds is 10. The molecule has 198 valence electrons. The number of hydrogen-bond donors (Lipinski definition) is 1. The van der Waals surface area contributed by atoms with E-state index in [1.165, 1.54) is 36.0 Å². The van der Waals surface area contributed by atoms with E-state index in [0.29, 0.717) is 31.9 Å². The average molecular weight is 612 g/mol.